The van der Waals surface area contributed by atoms with Crippen molar-refractivity contribution in [2.24, 2.45) is 0 Å². The van der Waals surface area contributed by atoms with Crippen LogP contribution in [-0.2, 0) is 4.79 Å². The SMILES string of the molecule is CC(=O)Nc1cccc(Nc2ccc(NC(=O)c3ccccc3C)nc2)c1. The summed E-state index contributed by atoms with van der Waals surface area (Å²) < 4.78 is 0. The first-order valence-electron chi connectivity index (χ1n) is 8.49. The Morgan fingerprint density at radius 2 is 1.63 bits per heavy atom. The average Bonchev–Trinajstić information content (AvgIpc) is 2.63. The van der Waals surface area contributed by atoms with Crippen LogP contribution in [0.3, 0.4) is 0 Å². The molecule has 6 heteroatoms. The van der Waals surface area contributed by atoms with Crippen molar-refractivity contribution in [3.63, 3.8) is 0 Å². The van der Waals surface area contributed by atoms with Gasteiger partial charge in [0.15, 0.2) is 0 Å². The fraction of sp³-hybridized carbons (Fsp3) is 0.0952. The molecule has 0 saturated heterocycles. The third-order valence-corrected chi connectivity index (χ3v) is 3.87. The average molecular weight is 360 g/mol. The van der Waals surface area contributed by atoms with E-state index in [2.05, 4.69) is 20.9 Å². The fourth-order valence-electron chi connectivity index (χ4n) is 2.60. The molecule has 0 spiro atoms. The highest BCUT2D eigenvalue weighted by molar-refractivity contribution is 6.04. The van der Waals surface area contributed by atoms with Crippen molar-refractivity contribution >= 4 is 34.7 Å². The van der Waals surface area contributed by atoms with E-state index in [4.69, 9.17) is 0 Å². The summed E-state index contributed by atoms with van der Waals surface area (Å²) in [6, 6.07) is 18.3. The van der Waals surface area contributed by atoms with Gasteiger partial charge in [0.25, 0.3) is 5.91 Å². The van der Waals surface area contributed by atoms with Gasteiger partial charge in [-0.25, -0.2) is 4.98 Å². The maximum atomic E-state index is 12.3. The highest BCUT2D eigenvalue weighted by Crippen LogP contribution is 2.20. The lowest BCUT2D eigenvalue weighted by atomic mass is 10.1. The van der Waals surface area contributed by atoms with Crippen LogP contribution < -0.4 is 16.0 Å². The van der Waals surface area contributed by atoms with E-state index >= 15 is 0 Å². The number of nitrogens with one attached hydrogen (secondary N) is 3. The number of amides is 2. The van der Waals surface area contributed by atoms with Gasteiger partial charge >= 0.3 is 0 Å². The molecule has 0 bridgehead atoms. The Balaban J connectivity index is 1.66. The zero-order valence-electron chi connectivity index (χ0n) is 15.1. The van der Waals surface area contributed by atoms with Gasteiger partial charge < -0.3 is 16.0 Å². The van der Waals surface area contributed by atoms with Crippen LogP contribution in [0, 0.1) is 6.92 Å². The number of hydrogen-bond donors (Lipinski definition) is 3. The smallest absolute Gasteiger partial charge is 0.257 e. The van der Waals surface area contributed by atoms with E-state index in [1.165, 1.54) is 6.92 Å². The quantitative estimate of drug-likeness (QED) is 0.632. The van der Waals surface area contributed by atoms with Crippen LogP contribution in [0.2, 0.25) is 0 Å². The number of carbonyl (C=O) groups is 2. The van der Waals surface area contributed by atoms with Gasteiger partial charge in [-0.05, 0) is 48.9 Å². The zero-order chi connectivity index (χ0) is 19.2. The Bertz CT molecular complexity index is 968. The summed E-state index contributed by atoms with van der Waals surface area (Å²) >= 11 is 0. The van der Waals surface area contributed by atoms with Crippen molar-refractivity contribution in [1.82, 2.24) is 4.98 Å². The molecule has 0 atom stereocenters. The molecule has 27 heavy (non-hydrogen) atoms. The molecule has 2 aromatic carbocycles. The predicted molar refractivity (Wildman–Crippen MR) is 107 cm³/mol. The van der Waals surface area contributed by atoms with Gasteiger partial charge in [-0.2, -0.15) is 0 Å². The van der Waals surface area contributed by atoms with Crippen molar-refractivity contribution in [2.75, 3.05) is 16.0 Å². The maximum Gasteiger partial charge on any atom is 0.257 e. The van der Waals surface area contributed by atoms with Crippen molar-refractivity contribution in [1.29, 1.82) is 0 Å². The Kier molecular flexibility index (Phi) is 5.47. The molecule has 1 heterocycles. The van der Waals surface area contributed by atoms with Gasteiger partial charge in [-0.15, -0.1) is 0 Å². The van der Waals surface area contributed by atoms with E-state index in [0.29, 0.717) is 17.1 Å². The van der Waals surface area contributed by atoms with Crippen LogP contribution in [-0.4, -0.2) is 16.8 Å². The minimum absolute atomic E-state index is 0.123. The predicted octanol–water partition coefficient (Wildman–Crippen LogP) is 4.34. The van der Waals surface area contributed by atoms with E-state index < -0.39 is 0 Å². The summed E-state index contributed by atoms with van der Waals surface area (Å²) in [5, 5.41) is 8.75. The van der Waals surface area contributed by atoms with Gasteiger partial charge in [-0.1, -0.05) is 24.3 Å². The first kappa shape index (κ1) is 18.1. The number of aryl methyl sites for hydroxylation is 1. The summed E-state index contributed by atoms with van der Waals surface area (Å²) in [4.78, 5) is 27.8. The molecule has 1 aromatic heterocycles. The molecule has 0 radical (unpaired) electrons. The molecule has 3 N–H and O–H groups in total. The van der Waals surface area contributed by atoms with Gasteiger partial charge in [0, 0.05) is 23.9 Å². The standard InChI is InChI=1S/C21H20N4O2/c1-14-6-3-4-9-19(14)21(27)25-20-11-10-18(13-22-20)24-17-8-5-7-16(12-17)23-15(2)26/h3-13,24H,1-2H3,(H,23,26)(H,22,25,27). The van der Waals surface area contributed by atoms with Crippen molar-refractivity contribution in [2.45, 2.75) is 13.8 Å². The van der Waals surface area contributed by atoms with Crippen LogP contribution in [0.1, 0.15) is 22.8 Å². The van der Waals surface area contributed by atoms with E-state index in [9.17, 15) is 9.59 Å². The van der Waals surface area contributed by atoms with Crippen molar-refractivity contribution in [3.8, 4) is 0 Å². The van der Waals surface area contributed by atoms with Crippen LogP contribution >= 0.6 is 0 Å². The molecule has 3 aromatic rings. The first-order chi connectivity index (χ1) is 13.0. The summed E-state index contributed by atoms with van der Waals surface area (Å²) in [5.74, 6) is 0.160. The molecule has 0 saturated carbocycles. The minimum Gasteiger partial charge on any atom is -0.354 e. The van der Waals surface area contributed by atoms with Crippen LogP contribution in [0.15, 0.2) is 66.9 Å². The Labute approximate surface area is 157 Å². The van der Waals surface area contributed by atoms with Gasteiger partial charge in [0.05, 0.1) is 11.9 Å². The number of aromatic nitrogens is 1. The van der Waals surface area contributed by atoms with E-state index in [0.717, 1.165) is 16.9 Å². The van der Waals surface area contributed by atoms with E-state index in [1.54, 1.807) is 18.3 Å². The van der Waals surface area contributed by atoms with Gasteiger partial charge in [0.2, 0.25) is 5.91 Å². The number of benzene rings is 2. The second kappa shape index (κ2) is 8.14. The van der Waals surface area contributed by atoms with Crippen LogP contribution in [0.25, 0.3) is 0 Å². The molecule has 0 aliphatic carbocycles. The second-order valence-corrected chi connectivity index (χ2v) is 6.09. The van der Waals surface area contributed by atoms with Gasteiger partial charge in [-0.3, -0.25) is 9.59 Å². The summed E-state index contributed by atoms with van der Waals surface area (Å²) in [5.41, 5.74) is 3.83. The Morgan fingerprint density at radius 3 is 2.33 bits per heavy atom. The third kappa shape index (κ3) is 4.92. The van der Waals surface area contributed by atoms with Crippen molar-refractivity contribution in [3.05, 3.63) is 78.0 Å². The molecule has 0 aliphatic rings. The largest absolute Gasteiger partial charge is 0.354 e. The second-order valence-electron chi connectivity index (χ2n) is 6.09. The van der Waals surface area contributed by atoms with Crippen molar-refractivity contribution < 1.29 is 9.59 Å². The topological polar surface area (TPSA) is 83.1 Å². The van der Waals surface area contributed by atoms with Crippen LogP contribution in [0.5, 0.6) is 0 Å². The van der Waals surface area contributed by atoms with E-state index in [1.807, 2.05) is 55.5 Å². The number of carbonyl (C=O) groups excluding carboxylic acids is 2. The van der Waals surface area contributed by atoms with Gasteiger partial charge in [0.1, 0.15) is 5.82 Å². The molecule has 0 fully saturated rings. The maximum absolute atomic E-state index is 12.3. The lowest BCUT2D eigenvalue weighted by molar-refractivity contribution is -0.114. The minimum atomic E-state index is -0.190. The molecule has 136 valence electrons. The van der Waals surface area contributed by atoms with Crippen LogP contribution in [0.4, 0.5) is 22.9 Å². The zero-order valence-corrected chi connectivity index (χ0v) is 15.1. The fourth-order valence-corrected chi connectivity index (χ4v) is 2.60. The Morgan fingerprint density at radius 1 is 0.852 bits per heavy atom. The monoisotopic (exact) mass is 360 g/mol. The number of hydrogen-bond acceptors (Lipinski definition) is 4. The van der Waals surface area contributed by atoms with E-state index in [-0.39, 0.29) is 11.8 Å². The first-order valence-corrected chi connectivity index (χ1v) is 8.49. The number of rotatable bonds is 5. The summed E-state index contributed by atoms with van der Waals surface area (Å²) in [6.07, 6.45) is 1.64. The molecule has 2 amide bonds. The number of nitrogens with zero attached hydrogens (tertiary/aromatic N) is 1. The molecule has 3 rings (SSSR count). The lowest BCUT2D eigenvalue weighted by Crippen LogP contribution is -2.14. The Hall–Kier alpha value is -3.67. The molecule has 0 unspecified atom stereocenters. The molecular formula is C21H20N4O2. The third-order valence-electron chi connectivity index (χ3n) is 3.87. The highest BCUT2D eigenvalue weighted by atomic mass is 16.2. The summed E-state index contributed by atoms with van der Waals surface area (Å²) in [7, 11) is 0. The number of anilines is 4. The number of pyridine rings is 1. The highest BCUT2D eigenvalue weighted by Gasteiger charge is 2.09. The lowest BCUT2D eigenvalue weighted by Gasteiger charge is -2.10. The molecule has 0 aliphatic heterocycles. The molecule has 6 nitrogen and oxygen atoms in total. The summed E-state index contributed by atoms with van der Waals surface area (Å²) in [6.45, 7) is 3.36. The molecular weight excluding hydrogens is 340 g/mol. The normalized spacial score (nSPS) is 10.1.